The van der Waals surface area contributed by atoms with Gasteiger partial charge in [0.15, 0.2) is 0 Å². The van der Waals surface area contributed by atoms with Gasteiger partial charge in [-0.05, 0) is 30.5 Å². The summed E-state index contributed by atoms with van der Waals surface area (Å²) in [5.41, 5.74) is 2.49. The van der Waals surface area contributed by atoms with E-state index in [4.69, 9.17) is 0 Å². The van der Waals surface area contributed by atoms with Crippen molar-refractivity contribution in [2.75, 3.05) is 27.2 Å². The molecule has 2 amide bonds. The summed E-state index contributed by atoms with van der Waals surface area (Å²) < 4.78 is 1.83. The molecule has 7 nitrogen and oxygen atoms in total. The summed E-state index contributed by atoms with van der Waals surface area (Å²) in [4.78, 5) is 45.1. The van der Waals surface area contributed by atoms with E-state index >= 15 is 0 Å². The zero-order chi connectivity index (χ0) is 20.0. The van der Waals surface area contributed by atoms with Gasteiger partial charge in [0.25, 0.3) is 11.5 Å². The fourth-order valence-electron chi connectivity index (χ4n) is 4.40. The molecule has 2 aromatic rings. The Morgan fingerprint density at radius 2 is 1.96 bits per heavy atom. The summed E-state index contributed by atoms with van der Waals surface area (Å²) in [6.07, 6.45) is 2.60. The number of carbonyl (C=O) groups is 2. The van der Waals surface area contributed by atoms with Crippen LogP contribution in [0.4, 0.5) is 0 Å². The molecule has 146 valence electrons. The molecule has 0 N–H and O–H groups in total. The Hall–Kier alpha value is -2.96. The van der Waals surface area contributed by atoms with Crippen molar-refractivity contribution in [1.82, 2.24) is 19.4 Å². The molecule has 28 heavy (non-hydrogen) atoms. The number of nitrogens with zero attached hydrogens (tertiary/aromatic N) is 4. The van der Waals surface area contributed by atoms with Crippen LogP contribution in [0.1, 0.15) is 35.3 Å². The zero-order valence-corrected chi connectivity index (χ0v) is 16.4. The third kappa shape index (κ3) is 3.10. The molecule has 7 heteroatoms. The molecule has 0 radical (unpaired) electrons. The van der Waals surface area contributed by atoms with Gasteiger partial charge in [0.1, 0.15) is 0 Å². The van der Waals surface area contributed by atoms with Crippen LogP contribution in [0.2, 0.25) is 0 Å². The van der Waals surface area contributed by atoms with Crippen molar-refractivity contribution in [3.05, 3.63) is 52.1 Å². The van der Waals surface area contributed by atoms with Crippen molar-refractivity contribution in [3.63, 3.8) is 0 Å². The Morgan fingerprint density at radius 1 is 1.18 bits per heavy atom. The lowest BCUT2D eigenvalue weighted by Gasteiger charge is -2.42. The van der Waals surface area contributed by atoms with Crippen LogP contribution < -0.4 is 5.56 Å². The molecular weight excluding hydrogens is 356 g/mol. The van der Waals surface area contributed by atoms with E-state index < -0.39 is 0 Å². The molecule has 2 atom stereocenters. The average molecular weight is 380 g/mol. The molecule has 1 saturated heterocycles. The van der Waals surface area contributed by atoms with Gasteiger partial charge in [0.2, 0.25) is 5.91 Å². The minimum absolute atomic E-state index is 0.0743. The van der Waals surface area contributed by atoms with E-state index in [0.717, 1.165) is 12.1 Å². The van der Waals surface area contributed by atoms with Crippen LogP contribution in [0.15, 0.2) is 35.3 Å². The molecule has 0 aromatic carbocycles. The van der Waals surface area contributed by atoms with Crippen molar-refractivity contribution in [3.8, 4) is 11.3 Å². The number of hydrogen-bond donors (Lipinski definition) is 0. The van der Waals surface area contributed by atoms with Gasteiger partial charge in [-0.2, -0.15) is 0 Å². The first-order valence-corrected chi connectivity index (χ1v) is 9.52. The third-order valence-electron chi connectivity index (χ3n) is 5.72. The molecule has 2 aliphatic heterocycles. The van der Waals surface area contributed by atoms with Gasteiger partial charge >= 0.3 is 0 Å². The van der Waals surface area contributed by atoms with E-state index in [0.29, 0.717) is 42.4 Å². The third-order valence-corrected chi connectivity index (χ3v) is 5.72. The molecule has 2 aromatic heterocycles. The first-order chi connectivity index (χ1) is 13.3. The predicted octanol–water partition coefficient (Wildman–Crippen LogP) is 1.58. The van der Waals surface area contributed by atoms with E-state index in [1.807, 2.05) is 15.5 Å². The Balaban J connectivity index is 1.81. The maximum Gasteiger partial charge on any atom is 0.255 e. The van der Waals surface area contributed by atoms with Crippen LogP contribution in [0, 0.1) is 5.92 Å². The molecule has 0 saturated carbocycles. The number of rotatable bonds is 2. The maximum absolute atomic E-state index is 12.9. The van der Waals surface area contributed by atoms with Gasteiger partial charge in [-0.1, -0.05) is 0 Å². The highest BCUT2D eigenvalue weighted by atomic mass is 16.2. The molecule has 0 aliphatic carbocycles. The van der Waals surface area contributed by atoms with Crippen molar-refractivity contribution >= 4 is 11.8 Å². The summed E-state index contributed by atoms with van der Waals surface area (Å²) in [7, 11) is 3.39. The summed E-state index contributed by atoms with van der Waals surface area (Å²) >= 11 is 0. The first kappa shape index (κ1) is 18.4. The normalized spacial score (nSPS) is 20.5. The largest absolute Gasteiger partial charge is 0.345 e. The number of fused-ring (bicyclic) bond motifs is 4. The van der Waals surface area contributed by atoms with E-state index in [2.05, 4.69) is 4.98 Å². The molecular formula is C21H24N4O3. The quantitative estimate of drug-likeness (QED) is 0.793. The number of aromatic nitrogens is 2. The summed E-state index contributed by atoms with van der Waals surface area (Å²) in [6.45, 7) is 3.56. The SMILES string of the molecule is CC(=O)N1C[C@@H]2C[C@H](C1)c1cc(-c3ncccc3C(=O)N(C)C)cc(=O)n1C2. The second kappa shape index (κ2) is 6.89. The minimum atomic E-state index is -0.151. The van der Waals surface area contributed by atoms with Gasteiger partial charge in [-0.15, -0.1) is 0 Å². The Morgan fingerprint density at radius 3 is 2.68 bits per heavy atom. The van der Waals surface area contributed by atoms with Crippen LogP contribution in [0.3, 0.4) is 0 Å². The number of likely N-dealkylation sites (tertiary alicyclic amines) is 1. The van der Waals surface area contributed by atoms with Gasteiger partial charge in [0.05, 0.1) is 11.3 Å². The zero-order valence-electron chi connectivity index (χ0n) is 16.4. The number of carbonyl (C=O) groups excluding carboxylic acids is 2. The number of hydrogen-bond acceptors (Lipinski definition) is 4. The van der Waals surface area contributed by atoms with Gasteiger partial charge in [0, 0.05) is 70.1 Å². The fourth-order valence-corrected chi connectivity index (χ4v) is 4.40. The number of amides is 2. The van der Waals surface area contributed by atoms with E-state index in [1.165, 1.54) is 4.90 Å². The number of piperidine rings is 1. The van der Waals surface area contributed by atoms with Crippen molar-refractivity contribution < 1.29 is 9.59 Å². The van der Waals surface area contributed by atoms with Crippen molar-refractivity contribution in [1.29, 1.82) is 0 Å². The van der Waals surface area contributed by atoms with Crippen LogP contribution >= 0.6 is 0 Å². The highest BCUT2D eigenvalue weighted by molar-refractivity contribution is 5.99. The Bertz CT molecular complexity index is 1010. The highest BCUT2D eigenvalue weighted by Gasteiger charge is 2.36. The lowest BCUT2D eigenvalue weighted by atomic mass is 9.82. The number of pyridine rings is 2. The molecule has 4 rings (SSSR count). The summed E-state index contributed by atoms with van der Waals surface area (Å²) in [5.74, 6) is 0.354. The van der Waals surface area contributed by atoms with Crippen molar-refractivity contribution in [2.24, 2.45) is 5.92 Å². The van der Waals surface area contributed by atoms with E-state index in [1.54, 1.807) is 45.4 Å². The molecule has 0 spiro atoms. The highest BCUT2D eigenvalue weighted by Crippen LogP contribution is 2.36. The topological polar surface area (TPSA) is 75.5 Å². The maximum atomic E-state index is 12.9. The molecule has 0 unspecified atom stereocenters. The Kier molecular flexibility index (Phi) is 4.53. The van der Waals surface area contributed by atoms with Crippen LogP contribution in [-0.4, -0.2) is 58.4 Å². The Labute approximate surface area is 163 Å². The van der Waals surface area contributed by atoms with Crippen molar-refractivity contribution in [2.45, 2.75) is 25.8 Å². The second-order valence-electron chi connectivity index (χ2n) is 7.94. The first-order valence-electron chi connectivity index (χ1n) is 9.52. The minimum Gasteiger partial charge on any atom is -0.345 e. The van der Waals surface area contributed by atoms with Crippen LogP contribution in [-0.2, 0) is 11.3 Å². The van der Waals surface area contributed by atoms with Crippen LogP contribution in [0.25, 0.3) is 11.3 Å². The molecule has 2 aliphatic rings. The van der Waals surface area contributed by atoms with E-state index in [9.17, 15) is 14.4 Å². The lowest BCUT2D eigenvalue weighted by molar-refractivity contribution is -0.131. The lowest BCUT2D eigenvalue weighted by Crippen LogP contribution is -2.48. The fraction of sp³-hybridized carbons (Fsp3) is 0.429. The van der Waals surface area contributed by atoms with Gasteiger partial charge in [-0.3, -0.25) is 19.4 Å². The average Bonchev–Trinajstić information content (AvgIpc) is 2.67. The summed E-state index contributed by atoms with van der Waals surface area (Å²) in [6, 6.07) is 7.00. The molecule has 1 fully saturated rings. The molecule has 4 heterocycles. The van der Waals surface area contributed by atoms with Crippen LogP contribution in [0.5, 0.6) is 0 Å². The standard InChI is InChI=1S/C21H24N4O3/c1-13(26)24-10-14-7-16(12-24)18-8-15(9-19(27)25(18)11-14)20-17(5-4-6-22-20)21(28)23(2)3/h4-6,8-9,14,16H,7,10-12H2,1-3H3/t14-,16+/m0/s1. The summed E-state index contributed by atoms with van der Waals surface area (Å²) in [5, 5.41) is 0. The monoisotopic (exact) mass is 380 g/mol. The van der Waals surface area contributed by atoms with E-state index in [-0.39, 0.29) is 23.3 Å². The molecule has 2 bridgehead atoms. The smallest absolute Gasteiger partial charge is 0.255 e. The van der Waals surface area contributed by atoms with Gasteiger partial charge < -0.3 is 14.4 Å². The predicted molar refractivity (Wildman–Crippen MR) is 105 cm³/mol. The van der Waals surface area contributed by atoms with Gasteiger partial charge in [-0.25, -0.2) is 0 Å². The second-order valence-corrected chi connectivity index (χ2v) is 7.94.